The topological polar surface area (TPSA) is 138 Å². The van der Waals surface area contributed by atoms with Gasteiger partial charge in [0.25, 0.3) is 5.91 Å². The van der Waals surface area contributed by atoms with Crippen LogP contribution in [-0.2, 0) is 19.6 Å². The fraction of sp³-hybridized carbons (Fsp3) is 0.250. The maximum atomic E-state index is 12.6. The second-order valence-electron chi connectivity index (χ2n) is 9.03. The largest absolute Gasteiger partial charge is 0.508 e. The van der Waals surface area contributed by atoms with Crippen LogP contribution in [0.15, 0.2) is 66.7 Å². The van der Waals surface area contributed by atoms with Crippen LogP contribution in [0.2, 0.25) is 0 Å². The Balaban J connectivity index is 1.33. The van der Waals surface area contributed by atoms with Crippen molar-refractivity contribution in [1.29, 1.82) is 0 Å². The van der Waals surface area contributed by atoms with E-state index in [0.717, 1.165) is 28.5 Å². The number of phenolic OH excluding ortho intramolecular Hbond substituents is 1. The van der Waals surface area contributed by atoms with E-state index in [9.17, 15) is 25.2 Å². The molecule has 0 aliphatic carbocycles. The predicted octanol–water partition coefficient (Wildman–Crippen LogP) is 3.26. The molecule has 1 heterocycles. The molecule has 1 amide bonds. The fourth-order valence-corrected chi connectivity index (χ4v) is 4.17. The molecule has 0 fully saturated rings. The van der Waals surface area contributed by atoms with Crippen LogP contribution in [0.1, 0.15) is 45.8 Å². The summed E-state index contributed by atoms with van der Waals surface area (Å²) < 4.78 is 0. The Labute approximate surface area is 209 Å². The summed E-state index contributed by atoms with van der Waals surface area (Å²) in [6.45, 7) is 2.38. The van der Waals surface area contributed by atoms with Crippen molar-refractivity contribution in [3.8, 4) is 11.5 Å². The molecule has 0 unspecified atom stereocenters. The molecule has 0 saturated heterocycles. The van der Waals surface area contributed by atoms with Gasteiger partial charge in [-0.25, -0.2) is 0 Å². The Morgan fingerprint density at radius 3 is 2.61 bits per heavy atom. The number of benzene rings is 3. The second-order valence-corrected chi connectivity index (χ2v) is 9.03. The average Bonchev–Trinajstić information content (AvgIpc) is 3.30. The van der Waals surface area contributed by atoms with Gasteiger partial charge >= 0.3 is 0 Å². The monoisotopic (exact) mass is 489 g/mol. The van der Waals surface area contributed by atoms with Crippen molar-refractivity contribution >= 4 is 16.8 Å². The molecule has 0 saturated carbocycles. The van der Waals surface area contributed by atoms with Crippen LogP contribution in [-0.4, -0.2) is 43.9 Å². The summed E-state index contributed by atoms with van der Waals surface area (Å²) in [5.41, 5.74) is 4.24. The minimum absolute atomic E-state index is 0.00653. The molecule has 1 aromatic heterocycles. The number of aliphatic hydroxyl groups excluding tert-OH is 2. The summed E-state index contributed by atoms with van der Waals surface area (Å²) in [5.74, 6) is -0.0555. The van der Waals surface area contributed by atoms with Crippen molar-refractivity contribution in [3.05, 3.63) is 94.7 Å². The molecule has 188 valence electrons. The van der Waals surface area contributed by atoms with E-state index in [4.69, 9.17) is 0 Å². The van der Waals surface area contributed by atoms with E-state index < -0.39 is 6.10 Å². The van der Waals surface area contributed by atoms with E-state index in [-0.39, 0.29) is 30.1 Å². The van der Waals surface area contributed by atoms with Crippen LogP contribution in [0.3, 0.4) is 0 Å². The zero-order valence-electron chi connectivity index (χ0n) is 20.0. The molecule has 2 atom stereocenters. The number of hydrogen-bond acceptors (Lipinski definition) is 6. The molecule has 7 N–H and O–H groups in total. The van der Waals surface area contributed by atoms with E-state index in [1.54, 1.807) is 30.3 Å². The van der Waals surface area contributed by atoms with Crippen LogP contribution >= 0.6 is 0 Å². The second kappa shape index (κ2) is 11.3. The normalized spacial score (nSPS) is 13.0. The van der Waals surface area contributed by atoms with Gasteiger partial charge in [0.1, 0.15) is 17.2 Å². The summed E-state index contributed by atoms with van der Waals surface area (Å²) in [4.78, 5) is 15.7. The molecule has 0 aliphatic rings. The van der Waals surface area contributed by atoms with E-state index in [1.807, 2.05) is 37.3 Å². The summed E-state index contributed by atoms with van der Waals surface area (Å²) in [7, 11) is 0. The van der Waals surface area contributed by atoms with Crippen molar-refractivity contribution < 1.29 is 25.2 Å². The maximum absolute atomic E-state index is 12.6. The van der Waals surface area contributed by atoms with Crippen LogP contribution in [0, 0.1) is 0 Å². The van der Waals surface area contributed by atoms with Crippen molar-refractivity contribution in [2.24, 2.45) is 0 Å². The van der Waals surface area contributed by atoms with E-state index in [2.05, 4.69) is 15.6 Å². The van der Waals surface area contributed by atoms with Crippen molar-refractivity contribution in [2.45, 2.75) is 38.6 Å². The Morgan fingerprint density at radius 1 is 1.00 bits per heavy atom. The van der Waals surface area contributed by atoms with Gasteiger partial charge in [-0.05, 0) is 72.5 Å². The molecule has 4 rings (SSSR count). The highest BCUT2D eigenvalue weighted by atomic mass is 16.3. The smallest absolute Gasteiger partial charge is 0.267 e. The first-order valence-electron chi connectivity index (χ1n) is 11.8. The SMILES string of the molecule is C[C@H](Cc1ccc2[nH]c(C(=O)NCc3cccc(O)c3)cc2c1)NC[C@@H](O)c1ccc(O)c(CO)c1. The van der Waals surface area contributed by atoms with Gasteiger partial charge in [0.15, 0.2) is 0 Å². The molecule has 0 radical (unpaired) electrons. The Morgan fingerprint density at radius 2 is 1.83 bits per heavy atom. The molecule has 8 heteroatoms. The van der Waals surface area contributed by atoms with Crippen LogP contribution in [0.4, 0.5) is 0 Å². The number of fused-ring (bicyclic) bond motifs is 1. The maximum Gasteiger partial charge on any atom is 0.267 e. The van der Waals surface area contributed by atoms with Crippen molar-refractivity contribution in [2.75, 3.05) is 6.54 Å². The third-order valence-electron chi connectivity index (χ3n) is 6.15. The number of amides is 1. The molecular weight excluding hydrogens is 458 g/mol. The van der Waals surface area contributed by atoms with Crippen molar-refractivity contribution in [1.82, 2.24) is 15.6 Å². The minimum Gasteiger partial charge on any atom is -0.508 e. The van der Waals surface area contributed by atoms with Gasteiger partial charge in [0.05, 0.1) is 12.7 Å². The molecule has 0 spiro atoms. The Hall–Kier alpha value is -3.85. The lowest BCUT2D eigenvalue weighted by Crippen LogP contribution is -2.32. The summed E-state index contributed by atoms with van der Waals surface area (Å²) in [6, 6.07) is 19.4. The number of aromatic amines is 1. The molecule has 0 aliphatic heterocycles. The number of phenols is 2. The average molecular weight is 490 g/mol. The van der Waals surface area contributed by atoms with Gasteiger partial charge in [0, 0.05) is 35.6 Å². The third kappa shape index (κ3) is 6.23. The summed E-state index contributed by atoms with van der Waals surface area (Å²) in [5, 5.41) is 46.2. The molecule has 36 heavy (non-hydrogen) atoms. The molecule has 3 aromatic carbocycles. The first-order valence-corrected chi connectivity index (χ1v) is 11.8. The zero-order valence-corrected chi connectivity index (χ0v) is 20.0. The quantitative estimate of drug-likeness (QED) is 0.183. The lowest BCUT2D eigenvalue weighted by molar-refractivity contribution is 0.0946. The van der Waals surface area contributed by atoms with Gasteiger partial charge in [-0.2, -0.15) is 0 Å². The summed E-state index contributed by atoms with van der Waals surface area (Å²) in [6.07, 6.45) is -0.0453. The lowest BCUT2D eigenvalue weighted by Gasteiger charge is -2.18. The number of carbonyl (C=O) groups is 1. The van der Waals surface area contributed by atoms with Gasteiger partial charge in [-0.1, -0.05) is 24.3 Å². The zero-order chi connectivity index (χ0) is 25.7. The van der Waals surface area contributed by atoms with Crippen molar-refractivity contribution in [3.63, 3.8) is 0 Å². The van der Waals surface area contributed by atoms with Crippen LogP contribution < -0.4 is 10.6 Å². The number of aromatic hydroxyl groups is 2. The van der Waals surface area contributed by atoms with E-state index in [1.165, 1.54) is 6.07 Å². The molecule has 4 aromatic rings. The lowest BCUT2D eigenvalue weighted by atomic mass is 10.0. The molecule has 8 nitrogen and oxygen atoms in total. The predicted molar refractivity (Wildman–Crippen MR) is 138 cm³/mol. The Kier molecular flexibility index (Phi) is 7.90. The molecule has 0 bridgehead atoms. The number of carbonyl (C=O) groups excluding carboxylic acids is 1. The molecular formula is C28H31N3O5. The highest BCUT2D eigenvalue weighted by Crippen LogP contribution is 2.23. The van der Waals surface area contributed by atoms with E-state index in [0.29, 0.717) is 29.9 Å². The number of aliphatic hydroxyl groups is 2. The number of rotatable bonds is 10. The Bertz CT molecular complexity index is 1350. The fourth-order valence-electron chi connectivity index (χ4n) is 4.17. The first-order chi connectivity index (χ1) is 17.3. The number of nitrogens with one attached hydrogen (secondary N) is 3. The van der Waals surface area contributed by atoms with Gasteiger partial charge in [-0.15, -0.1) is 0 Å². The standard InChI is InChI=1S/C28H31N3O5/c1-17(29-15-27(35)20-6-8-26(34)22(12-20)16-32)9-18-5-7-24-21(10-18)13-25(31-24)28(36)30-14-19-3-2-4-23(33)11-19/h2-8,10-13,17,27,29,31-35H,9,14-16H2,1H3,(H,30,36)/t17-,27-/m1/s1. The summed E-state index contributed by atoms with van der Waals surface area (Å²) >= 11 is 0. The van der Waals surface area contributed by atoms with Gasteiger partial charge in [0.2, 0.25) is 0 Å². The van der Waals surface area contributed by atoms with Gasteiger partial charge < -0.3 is 36.0 Å². The number of H-pyrrole nitrogens is 1. The van der Waals surface area contributed by atoms with Crippen LogP contribution in [0.25, 0.3) is 10.9 Å². The highest BCUT2D eigenvalue weighted by Gasteiger charge is 2.14. The van der Waals surface area contributed by atoms with Gasteiger partial charge in [-0.3, -0.25) is 4.79 Å². The highest BCUT2D eigenvalue weighted by molar-refractivity contribution is 5.98. The number of hydrogen-bond donors (Lipinski definition) is 7. The van der Waals surface area contributed by atoms with E-state index >= 15 is 0 Å². The third-order valence-corrected chi connectivity index (χ3v) is 6.15. The van der Waals surface area contributed by atoms with Crippen LogP contribution in [0.5, 0.6) is 11.5 Å². The minimum atomic E-state index is -0.772. The number of aromatic nitrogens is 1. The first kappa shape index (κ1) is 25.2.